The molecule has 3 rings (SSSR count). The highest BCUT2D eigenvalue weighted by Gasteiger charge is 2.10. The van der Waals surface area contributed by atoms with Crippen molar-refractivity contribution >= 4 is 45.0 Å². The van der Waals surface area contributed by atoms with E-state index in [0.29, 0.717) is 34.5 Å². The van der Waals surface area contributed by atoms with Crippen LogP contribution in [0.25, 0.3) is 0 Å². The molecule has 1 amide bonds. The maximum atomic E-state index is 12.3. The largest absolute Gasteiger partial charge is 0.487 e. The number of ether oxygens (including phenoxy) is 1. The fourth-order valence-electron chi connectivity index (χ4n) is 2.41. The van der Waals surface area contributed by atoms with Gasteiger partial charge in [-0.2, -0.15) is 5.10 Å². The summed E-state index contributed by atoms with van der Waals surface area (Å²) in [7, 11) is 1.78. The van der Waals surface area contributed by atoms with Crippen LogP contribution in [-0.4, -0.2) is 15.7 Å². The van der Waals surface area contributed by atoms with Crippen molar-refractivity contribution in [2.75, 3.05) is 0 Å². The zero-order valence-electron chi connectivity index (χ0n) is 14.4. The average Bonchev–Trinajstić information content (AvgIpc) is 2.97. The van der Waals surface area contributed by atoms with E-state index in [1.54, 1.807) is 42.2 Å². The molecule has 0 aliphatic carbocycles. The maximum absolute atomic E-state index is 12.3. The lowest BCUT2D eigenvalue weighted by atomic mass is 10.1. The van der Waals surface area contributed by atoms with E-state index in [0.717, 1.165) is 15.7 Å². The SMILES string of the molecule is Cn1ncc(Cl)c1CNC(=O)c1ccc(COc2ccc(Br)cc2Cl)cc1. The molecule has 0 unspecified atom stereocenters. The van der Waals surface area contributed by atoms with Crippen molar-refractivity contribution in [2.24, 2.45) is 7.05 Å². The first-order valence-electron chi connectivity index (χ1n) is 8.05. The molecule has 140 valence electrons. The Morgan fingerprint density at radius 1 is 1.19 bits per heavy atom. The van der Waals surface area contributed by atoms with Crippen molar-refractivity contribution in [2.45, 2.75) is 13.2 Å². The van der Waals surface area contributed by atoms with Gasteiger partial charge in [0.15, 0.2) is 0 Å². The van der Waals surface area contributed by atoms with E-state index in [1.165, 1.54) is 0 Å². The number of nitrogens with zero attached hydrogens (tertiary/aromatic N) is 2. The number of carbonyl (C=O) groups is 1. The summed E-state index contributed by atoms with van der Waals surface area (Å²) in [5.74, 6) is 0.422. The van der Waals surface area contributed by atoms with E-state index in [2.05, 4.69) is 26.3 Å². The molecule has 1 N–H and O–H groups in total. The second kappa shape index (κ2) is 8.78. The molecular formula is C19H16BrCl2N3O2. The van der Waals surface area contributed by atoms with Crippen molar-refractivity contribution in [1.82, 2.24) is 15.1 Å². The van der Waals surface area contributed by atoms with Gasteiger partial charge in [-0.1, -0.05) is 51.3 Å². The first-order valence-corrected chi connectivity index (χ1v) is 9.60. The van der Waals surface area contributed by atoms with E-state index >= 15 is 0 Å². The third-order valence-electron chi connectivity index (χ3n) is 3.93. The highest BCUT2D eigenvalue weighted by Crippen LogP contribution is 2.28. The zero-order valence-corrected chi connectivity index (χ0v) is 17.5. The van der Waals surface area contributed by atoms with Gasteiger partial charge in [0, 0.05) is 17.1 Å². The molecule has 0 aliphatic heterocycles. The number of hydrogen-bond donors (Lipinski definition) is 1. The van der Waals surface area contributed by atoms with Gasteiger partial charge in [0.05, 0.1) is 28.5 Å². The van der Waals surface area contributed by atoms with Crippen LogP contribution in [0.4, 0.5) is 0 Å². The number of aryl methyl sites for hydroxylation is 1. The Balaban J connectivity index is 1.57. The van der Waals surface area contributed by atoms with Gasteiger partial charge >= 0.3 is 0 Å². The smallest absolute Gasteiger partial charge is 0.251 e. The molecule has 1 heterocycles. The molecule has 2 aromatic carbocycles. The van der Waals surface area contributed by atoms with Gasteiger partial charge in [0.2, 0.25) is 0 Å². The number of aromatic nitrogens is 2. The minimum Gasteiger partial charge on any atom is -0.487 e. The molecule has 0 fully saturated rings. The highest BCUT2D eigenvalue weighted by molar-refractivity contribution is 9.10. The standard InChI is InChI=1S/C19H16BrCl2N3O2/c1-25-17(16(22)9-24-25)10-23-19(26)13-4-2-12(3-5-13)11-27-18-7-6-14(20)8-15(18)21/h2-9H,10-11H2,1H3,(H,23,26). The summed E-state index contributed by atoms with van der Waals surface area (Å²) in [5.41, 5.74) is 2.24. The Kier molecular flexibility index (Phi) is 6.42. The summed E-state index contributed by atoms with van der Waals surface area (Å²) in [5, 5.41) is 7.94. The first-order chi connectivity index (χ1) is 12.9. The average molecular weight is 469 g/mol. The summed E-state index contributed by atoms with van der Waals surface area (Å²) in [4.78, 5) is 12.3. The number of halogens is 3. The molecule has 1 aromatic heterocycles. The van der Waals surface area contributed by atoms with Crippen molar-refractivity contribution in [3.63, 3.8) is 0 Å². The zero-order chi connectivity index (χ0) is 19.4. The number of rotatable bonds is 6. The van der Waals surface area contributed by atoms with E-state index in [1.807, 2.05) is 18.2 Å². The molecule has 5 nitrogen and oxygen atoms in total. The van der Waals surface area contributed by atoms with Crippen LogP contribution in [0.3, 0.4) is 0 Å². The van der Waals surface area contributed by atoms with Crippen molar-refractivity contribution < 1.29 is 9.53 Å². The molecule has 0 saturated carbocycles. The molecule has 3 aromatic rings. The number of hydrogen-bond acceptors (Lipinski definition) is 3. The maximum Gasteiger partial charge on any atom is 0.251 e. The molecule has 0 atom stereocenters. The van der Waals surface area contributed by atoms with E-state index in [-0.39, 0.29) is 5.91 Å². The van der Waals surface area contributed by atoms with Crippen molar-refractivity contribution in [3.05, 3.63) is 80.0 Å². The predicted molar refractivity (Wildman–Crippen MR) is 109 cm³/mol. The molecular weight excluding hydrogens is 453 g/mol. The third-order valence-corrected chi connectivity index (χ3v) is 5.04. The Morgan fingerprint density at radius 3 is 2.56 bits per heavy atom. The fourth-order valence-corrected chi connectivity index (χ4v) is 3.37. The molecule has 0 saturated heterocycles. The van der Waals surface area contributed by atoms with Gasteiger partial charge in [-0.15, -0.1) is 0 Å². The van der Waals surface area contributed by atoms with Crippen LogP contribution in [0.1, 0.15) is 21.6 Å². The Bertz CT molecular complexity index is 939. The summed E-state index contributed by atoms with van der Waals surface area (Å²) in [6, 6.07) is 12.6. The Hall–Kier alpha value is -2.02. The van der Waals surface area contributed by atoms with Crippen LogP contribution in [0.2, 0.25) is 10.0 Å². The number of carbonyl (C=O) groups excluding carboxylic acids is 1. The summed E-state index contributed by atoms with van der Waals surface area (Å²) in [6.07, 6.45) is 1.55. The Morgan fingerprint density at radius 2 is 1.93 bits per heavy atom. The van der Waals surface area contributed by atoms with Gasteiger partial charge < -0.3 is 10.1 Å². The van der Waals surface area contributed by atoms with Crippen LogP contribution in [0.15, 0.2) is 53.1 Å². The van der Waals surface area contributed by atoms with Gasteiger partial charge in [-0.3, -0.25) is 9.48 Å². The minimum absolute atomic E-state index is 0.185. The van der Waals surface area contributed by atoms with Gasteiger partial charge in [-0.05, 0) is 35.9 Å². The molecule has 0 radical (unpaired) electrons. The monoisotopic (exact) mass is 467 g/mol. The lowest BCUT2D eigenvalue weighted by molar-refractivity contribution is 0.0950. The van der Waals surface area contributed by atoms with E-state index < -0.39 is 0 Å². The van der Waals surface area contributed by atoms with Crippen molar-refractivity contribution in [1.29, 1.82) is 0 Å². The summed E-state index contributed by atoms with van der Waals surface area (Å²) in [6.45, 7) is 0.662. The second-order valence-corrected chi connectivity index (χ2v) is 7.54. The topological polar surface area (TPSA) is 56.2 Å². The number of benzene rings is 2. The molecule has 27 heavy (non-hydrogen) atoms. The summed E-state index contributed by atoms with van der Waals surface area (Å²) >= 11 is 15.5. The Labute approximate surface area is 175 Å². The van der Waals surface area contributed by atoms with Crippen LogP contribution >= 0.6 is 39.1 Å². The van der Waals surface area contributed by atoms with Gasteiger partial charge in [0.25, 0.3) is 5.91 Å². The van der Waals surface area contributed by atoms with Crippen molar-refractivity contribution in [3.8, 4) is 5.75 Å². The van der Waals surface area contributed by atoms with Crippen LogP contribution in [-0.2, 0) is 20.2 Å². The summed E-state index contributed by atoms with van der Waals surface area (Å²) < 4.78 is 8.25. The van der Waals surface area contributed by atoms with Gasteiger partial charge in [0.1, 0.15) is 12.4 Å². The molecule has 8 heteroatoms. The number of nitrogens with one attached hydrogen (secondary N) is 1. The lowest BCUT2D eigenvalue weighted by Gasteiger charge is -2.09. The fraction of sp³-hybridized carbons (Fsp3) is 0.158. The lowest BCUT2D eigenvalue weighted by Crippen LogP contribution is -2.24. The van der Waals surface area contributed by atoms with E-state index in [4.69, 9.17) is 27.9 Å². The first kappa shape index (κ1) is 19.7. The van der Waals surface area contributed by atoms with Crippen LogP contribution in [0, 0.1) is 0 Å². The third kappa shape index (κ3) is 5.03. The predicted octanol–water partition coefficient (Wildman–Crippen LogP) is 5.00. The van der Waals surface area contributed by atoms with Crippen LogP contribution < -0.4 is 10.1 Å². The normalized spacial score (nSPS) is 10.7. The highest BCUT2D eigenvalue weighted by atomic mass is 79.9. The second-order valence-electron chi connectivity index (χ2n) is 5.81. The van der Waals surface area contributed by atoms with Crippen LogP contribution in [0.5, 0.6) is 5.75 Å². The van der Waals surface area contributed by atoms with Gasteiger partial charge in [-0.25, -0.2) is 0 Å². The quantitative estimate of drug-likeness (QED) is 0.553. The van der Waals surface area contributed by atoms with E-state index in [9.17, 15) is 4.79 Å². The minimum atomic E-state index is -0.185. The molecule has 0 aliphatic rings. The molecule has 0 bridgehead atoms. The number of amides is 1. The molecule has 0 spiro atoms.